The van der Waals surface area contributed by atoms with Crippen molar-refractivity contribution < 1.29 is 9.53 Å². The van der Waals surface area contributed by atoms with Crippen LogP contribution in [0.1, 0.15) is 61.8 Å². The van der Waals surface area contributed by atoms with E-state index in [1.165, 1.54) is 5.56 Å². The monoisotopic (exact) mass is 457 g/mol. The first-order valence-corrected chi connectivity index (χ1v) is 12.2. The van der Waals surface area contributed by atoms with Gasteiger partial charge < -0.3 is 9.30 Å². The van der Waals surface area contributed by atoms with E-state index in [2.05, 4.69) is 52.5 Å². The van der Waals surface area contributed by atoms with Crippen LogP contribution >= 0.6 is 0 Å². The van der Waals surface area contributed by atoms with Crippen LogP contribution in [0.15, 0.2) is 72.8 Å². The molecule has 4 rings (SSSR count). The molecule has 2 atom stereocenters. The number of ketones is 1. The molecular weight excluding hydrogens is 422 g/mol. The van der Waals surface area contributed by atoms with Gasteiger partial charge in [0.15, 0.2) is 0 Å². The molecule has 0 saturated heterocycles. The number of hydrogen-bond donors (Lipinski definition) is 0. The van der Waals surface area contributed by atoms with Gasteiger partial charge in [-0.3, -0.25) is 4.79 Å². The van der Waals surface area contributed by atoms with E-state index in [0.717, 1.165) is 55.0 Å². The molecule has 1 aliphatic heterocycles. The van der Waals surface area contributed by atoms with Crippen molar-refractivity contribution in [2.45, 2.75) is 65.0 Å². The molecule has 0 bridgehead atoms. The van der Waals surface area contributed by atoms with Gasteiger partial charge in [0.2, 0.25) is 0 Å². The van der Waals surface area contributed by atoms with Gasteiger partial charge in [-0.15, -0.1) is 16.8 Å². The maximum Gasteiger partial charge on any atom is 0.138 e. The van der Waals surface area contributed by atoms with Gasteiger partial charge >= 0.3 is 0 Å². The van der Waals surface area contributed by atoms with Gasteiger partial charge in [-0.2, -0.15) is 0 Å². The van der Waals surface area contributed by atoms with E-state index in [1.807, 2.05) is 36.4 Å². The zero-order valence-corrected chi connectivity index (χ0v) is 20.4. The highest BCUT2D eigenvalue weighted by atomic mass is 16.5. The van der Waals surface area contributed by atoms with Crippen LogP contribution in [-0.2, 0) is 35.5 Å². The third-order valence-electron chi connectivity index (χ3n) is 7.01. The van der Waals surface area contributed by atoms with Crippen molar-refractivity contribution in [3.05, 3.63) is 95.6 Å². The van der Waals surface area contributed by atoms with Crippen molar-refractivity contribution in [1.82, 2.24) is 14.8 Å². The molecule has 2 unspecified atom stereocenters. The molecule has 34 heavy (non-hydrogen) atoms. The molecule has 2 heterocycles. The Morgan fingerprint density at radius 3 is 2.38 bits per heavy atom. The smallest absolute Gasteiger partial charge is 0.138 e. The highest BCUT2D eigenvalue weighted by molar-refractivity contribution is 5.83. The fraction of sp³-hybridized carbons (Fsp3) is 0.414. The maximum atomic E-state index is 12.8. The van der Waals surface area contributed by atoms with Gasteiger partial charge in [-0.25, -0.2) is 0 Å². The van der Waals surface area contributed by atoms with Gasteiger partial charge in [0.25, 0.3) is 0 Å². The third-order valence-corrected chi connectivity index (χ3v) is 7.01. The van der Waals surface area contributed by atoms with Crippen LogP contribution in [0.4, 0.5) is 0 Å². The summed E-state index contributed by atoms with van der Waals surface area (Å²) in [7, 11) is 0. The molecule has 0 radical (unpaired) electrons. The van der Waals surface area contributed by atoms with Gasteiger partial charge in [-0.05, 0) is 50.7 Å². The molecule has 2 aromatic carbocycles. The number of carbonyl (C=O) groups excluding carboxylic acids is 1. The second-order valence-electron chi connectivity index (χ2n) is 9.75. The van der Waals surface area contributed by atoms with E-state index in [4.69, 9.17) is 4.74 Å². The second kappa shape index (κ2) is 10.9. The average Bonchev–Trinajstić information content (AvgIpc) is 3.25. The molecule has 0 aliphatic carbocycles. The molecule has 1 aromatic heterocycles. The molecule has 5 nitrogen and oxygen atoms in total. The fourth-order valence-electron chi connectivity index (χ4n) is 4.91. The lowest BCUT2D eigenvalue weighted by Crippen LogP contribution is -2.40. The molecule has 5 heteroatoms. The van der Waals surface area contributed by atoms with Gasteiger partial charge in [-0.1, -0.05) is 66.2 Å². The highest BCUT2D eigenvalue weighted by Crippen LogP contribution is 2.38. The molecule has 0 fully saturated rings. The first kappa shape index (κ1) is 24.1. The van der Waals surface area contributed by atoms with E-state index < -0.39 is 5.41 Å². The van der Waals surface area contributed by atoms with Crippen LogP contribution in [0.2, 0.25) is 0 Å². The number of nitrogens with zero attached hydrogens (tertiary/aromatic N) is 3. The van der Waals surface area contributed by atoms with Crippen LogP contribution in [0.5, 0.6) is 0 Å². The number of allylic oxidation sites excluding steroid dienone is 1. The van der Waals surface area contributed by atoms with Crippen LogP contribution in [0.25, 0.3) is 0 Å². The summed E-state index contributed by atoms with van der Waals surface area (Å²) >= 11 is 0. The quantitative estimate of drug-likeness (QED) is 0.347. The van der Waals surface area contributed by atoms with Crippen molar-refractivity contribution in [1.29, 1.82) is 0 Å². The lowest BCUT2D eigenvalue weighted by Gasteiger charge is -2.36. The van der Waals surface area contributed by atoms with Gasteiger partial charge in [0.05, 0.1) is 13.2 Å². The molecule has 0 N–H and O–H groups in total. The SMILES string of the molecule is C=C(C)CCC(COCc1ccccc1)c1nnc2n1CCC(Cc1ccccc1)(C(C)=O)C2. The Morgan fingerprint density at radius 1 is 1.06 bits per heavy atom. The topological polar surface area (TPSA) is 57.0 Å². The Hall–Kier alpha value is -3.05. The van der Waals surface area contributed by atoms with E-state index >= 15 is 0 Å². The minimum atomic E-state index is -0.418. The summed E-state index contributed by atoms with van der Waals surface area (Å²) in [4.78, 5) is 12.8. The van der Waals surface area contributed by atoms with Gasteiger partial charge in [0.1, 0.15) is 17.4 Å². The Balaban J connectivity index is 1.51. The lowest BCUT2D eigenvalue weighted by atomic mass is 9.71. The fourth-order valence-corrected chi connectivity index (χ4v) is 4.91. The Morgan fingerprint density at radius 2 is 1.74 bits per heavy atom. The molecule has 178 valence electrons. The third kappa shape index (κ3) is 5.71. The van der Waals surface area contributed by atoms with Gasteiger partial charge in [0, 0.05) is 24.3 Å². The summed E-state index contributed by atoms with van der Waals surface area (Å²) in [6.07, 6.45) is 4.01. The van der Waals surface area contributed by atoms with Crippen molar-refractivity contribution in [2.24, 2.45) is 5.41 Å². The first-order valence-electron chi connectivity index (χ1n) is 12.2. The van der Waals surface area contributed by atoms with Crippen LogP contribution < -0.4 is 0 Å². The number of aromatic nitrogens is 3. The predicted octanol–water partition coefficient (Wildman–Crippen LogP) is 5.70. The molecule has 0 amide bonds. The molecule has 0 spiro atoms. The summed E-state index contributed by atoms with van der Waals surface area (Å²) in [5, 5.41) is 9.20. The Labute approximate surface area is 202 Å². The number of carbonyl (C=O) groups is 1. The number of Topliss-reactive ketones (excluding diaryl/α,β-unsaturated/α-hetero) is 1. The summed E-state index contributed by atoms with van der Waals surface area (Å²) in [6.45, 7) is 9.79. The van der Waals surface area contributed by atoms with E-state index in [-0.39, 0.29) is 11.7 Å². The molecular formula is C29H35N3O2. The lowest BCUT2D eigenvalue weighted by molar-refractivity contribution is -0.127. The first-order chi connectivity index (χ1) is 16.5. The predicted molar refractivity (Wildman–Crippen MR) is 134 cm³/mol. The normalized spacial score (nSPS) is 18.3. The standard InChI is InChI=1S/C29H35N3O2/c1-22(2)14-15-26(21-34-20-25-12-8-5-9-13-25)28-31-30-27-19-29(23(3)33,16-17-32(27)28)18-24-10-6-4-7-11-24/h4-13,26H,1,14-21H2,2-3H3. The number of ether oxygens (including phenoxy) is 1. The minimum absolute atomic E-state index is 0.139. The summed E-state index contributed by atoms with van der Waals surface area (Å²) in [5.41, 5.74) is 3.10. The van der Waals surface area contributed by atoms with E-state index in [1.54, 1.807) is 6.92 Å². The van der Waals surface area contributed by atoms with Crippen LogP contribution in [-0.4, -0.2) is 27.2 Å². The Bertz CT molecular complexity index is 1110. The number of benzene rings is 2. The zero-order chi connectivity index (χ0) is 24.0. The number of hydrogen-bond acceptors (Lipinski definition) is 4. The highest BCUT2D eigenvalue weighted by Gasteiger charge is 2.41. The zero-order valence-electron chi connectivity index (χ0n) is 20.4. The molecule has 3 aromatic rings. The van der Waals surface area contributed by atoms with Crippen LogP contribution in [0, 0.1) is 5.41 Å². The van der Waals surface area contributed by atoms with E-state index in [9.17, 15) is 4.79 Å². The molecule has 1 aliphatic rings. The number of fused-ring (bicyclic) bond motifs is 1. The minimum Gasteiger partial charge on any atom is -0.376 e. The summed E-state index contributed by atoms with van der Waals surface area (Å²) in [6, 6.07) is 20.5. The van der Waals surface area contributed by atoms with Crippen molar-refractivity contribution in [2.75, 3.05) is 6.61 Å². The number of rotatable bonds is 11. The Kier molecular flexibility index (Phi) is 7.73. The second-order valence-corrected chi connectivity index (χ2v) is 9.75. The van der Waals surface area contributed by atoms with Crippen molar-refractivity contribution >= 4 is 5.78 Å². The summed E-state index contributed by atoms with van der Waals surface area (Å²) in [5.74, 6) is 2.26. The van der Waals surface area contributed by atoms with E-state index in [0.29, 0.717) is 19.6 Å². The van der Waals surface area contributed by atoms with Crippen molar-refractivity contribution in [3.63, 3.8) is 0 Å². The van der Waals surface area contributed by atoms with Crippen molar-refractivity contribution in [3.8, 4) is 0 Å². The largest absolute Gasteiger partial charge is 0.376 e. The summed E-state index contributed by atoms with van der Waals surface area (Å²) < 4.78 is 8.36. The van der Waals surface area contributed by atoms with Crippen LogP contribution in [0.3, 0.4) is 0 Å². The molecule has 0 saturated carbocycles. The maximum absolute atomic E-state index is 12.8. The average molecular weight is 458 g/mol.